The summed E-state index contributed by atoms with van der Waals surface area (Å²) in [5.41, 5.74) is 5.27. The maximum atomic E-state index is 2.91. The van der Waals surface area contributed by atoms with Crippen molar-refractivity contribution >= 4 is 8.07 Å². The molecule has 12 atom stereocenters. The summed E-state index contributed by atoms with van der Waals surface area (Å²) < 4.78 is 0. The fraction of sp³-hybridized carbons (Fsp3) is 0.700. The van der Waals surface area contributed by atoms with Gasteiger partial charge in [-0.05, 0) is 132 Å². The van der Waals surface area contributed by atoms with Gasteiger partial charge in [0.15, 0.2) is 0 Å². The van der Waals surface area contributed by atoms with Crippen molar-refractivity contribution in [2.24, 2.45) is 59.2 Å². The van der Waals surface area contributed by atoms with Crippen LogP contribution in [0.15, 0.2) is 60.7 Å². The molecule has 0 N–H and O–H groups in total. The predicted octanol–water partition coefficient (Wildman–Crippen LogP) is 11.7. The summed E-state index contributed by atoms with van der Waals surface area (Å²) in [6.45, 7) is 21.3. The third-order valence-corrected chi connectivity index (χ3v) is 19.3. The lowest BCUT2D eigenvalue weighted by atomic mass is 9.64. The second kappa shape index (κ2) is 11.6. The van der Waals surface area contributed by atoms with Gasteiger partial charge in [-0.2, -0.15) is 0 Å². The Bertz CT molecular complexity index is 1040. The van der Waals surface area contributed by atoms with Crippen molar-refractivity contribution in [2.75, 3.05) is 0 Å². The molecule has 4 aliphatic rings. The molecule has 0 saturated heterocycles. The molecular weight excluding hydrogens is 509 g/mol. The third kappa shape index (κ3) is 5.34. The average Bonchev–Trinajstić information content (AvgIpc) is 3.48. The van der Waals surface area contributed by atoms with E-state index in [1.54, 1.807) is 11.1 Å². The summed E-state index contributed by atoms with van der Waals surface area (Å²) in [4.78, 5) is 0. The maximum Gasteiger partial charge on any atom is 0.0546 e. The van der Waals surface area contributed by atoms with E-state index >= 15 is 0 Å². The number of fused-ring (bicyclic) bond motifs is 2. The molecule has 2 aromatic carbocycles. The van der Waals surface area contributed by atoms with Crippen LogP contribution in [0.3, 0.4) is 0 Å². The van der Waals surface area contributed by atoms with Gasteiger partial charge in [-0.15, -0.1) is 0 Å². The van der Waals surface area contributed by atoms with Crippen LogP contribution in [0, 0.1) is 59.2 Å². The molecule has 4 saturated carbocycles. The second-order valence-corrected chi connectivity index (χ2v) is 21.9. The first-order valence-electron chi connectivity index (χ1n) is 17.7. The minimum absolute atomic E-state index is 0.774. The standard InChI is InChI=1S/C40H60Si/c1-25(2)31-21-33(29-15-11-9-12-16-29)35-19-27(5)39(37(35)23-31)41(7,8)40-28(6)20-36-34(30-17-13-10-14-18-30)22-32(26(3)4)24-38(36)40/h9-18,25-28,31-40H,19-24H2,1-8H3/t27-,28-,31+,32?,33-,34-,35?,36?,37?,38?,39-,40-/m0/s1. The van der Waals surface area contributed by atoms with Gasteiger partial charge in [-0.1, -0.05) is 115 Å². The van der Waals surface area contributed by atoms with E-state index in [9.17, 15) is 0 Å². The van der Waals surface area contributed by atoms with Gasteiger partial charge >= 0.3 is 0 Å². The fourth-order valence-corrected chi connectivity index (χ4v) is 19.0. The van der Waals surface area contributed by atoms with Crippen molar-refractivity contribution in [3.05, 3.63) is 71.8 Å². The van der Waals surface area contributed by atoms with E-state index in [4.69, 9.17) is 0 Å². The molecule has 0 heterocycles. The Morgan fingerprint density at radius 1 is 0.512 bits per heavy atom. The van der Waals surface area contributed by atoms with Crippen LogP contribution >= 0.6 is 0 Å². The highest BCUT2D eigenvalue weighted by Gasteiger charge is 2.61. The van der Waals surface area contributed by atoms with Crippen LogP contribution < -0.4 is 0 Å². The van der Waals surface area contributed by atoms with Crippen molar-refractivity contribution in [1.29, 1.82) is 0 Å². The monoisotopic (exact) mass is 568 g/mol. The Morgan fingerprint density at radius 2 is 0.878 bits per heavy atom. The summed E-state index contributed by atoms with van der Waals surface area (Å²) in [5, 5.41) is 0. The molecule has 0 amide bonds. The van der Waals surface area contributed by atoms with Gasteiger partial charge in [-0.25, -0.2) is 0 Å². The minimum atomic E-state index is -1.57. The molecule has 2 aromatic rings. The molecule has 0 nitrogen and oxygen atoms in total. The van der Waals surface area contributed by atoms with Gasteiger partial charge in [-0.3, -0.25) is 0 Å². The Morgan fingerprint density at radius 3 is 1.22 bits per heavy atom. The summed E-state index contributed by atoms with van der Waals surface area (Å²) in [6, 6.07) is 23.5. The van der Waals surface area contributed by atoms with E-state index in [1.165, 1.54) is 38.5 Å². The molecule has 0 radical (unpaired) electrons. The van der Waals surface area contributed by atoms with E-state index in [0.29, 0.717) is 0 Å². The maximum absolute atomic E-state index is 2.91. The zero-order valence-electron chi connectivity index (χ0n) is 27.6. The lowest BCUT2D eigenvalue weighted by Crippen LogP contribution is -2.48. The van der Waals surface area contributed by atoms with E-state index in [1.807, 2.05) is 0 Å². The molecule has 5 unspecified atom stereocenters. The van der Waals surface area contributed by atoms with Crippen molar-refractivity contribution in [1.82, 2.24) is 0 Å². The lowest BCUT2D eigenvalue weighted by Gasteiger charge is -2.51. The average molecular weight is 569 g/mol. The molecular formula is C40H60Si. The predicted molar refractivity (Wildman–Crippen MR) is 180 cm³/mol. The molecule has 0 aromatic heterocycles. The molecule has 6 rings (SSSR count). The molecule has 4 aliphatic carbocycles. The van der Waals surface area contributed by atoms with Crippen LogP contribution in [0.25, 0.3) is 0 Å². The second-order valence-electron chi connectivity index (χ2n) is 16.9. The molecule has 41 heavy (non-hydrogen) atoms. The summed E-state index contributed by atoms with van der Waals surface area (Å²) >= 11 is 0. The number of benzene rings is 2. The van der Waals surface area contributed by atoms with Gasteiger partial charge in [0.05, 0.1) is 8.07 Å². The van der Waals surface area contributed by atoms with Gasteiger partial charge in [0, 0.05) is 0 Å². The molecule has 224 valence electrons. The van der Waals surface area contributed by atoms with Gasteiger partial charge < -0.3 is 0 Å². The number of rotatable bonds is 6. The largest absolute Gasteiger partial charge is 0.0689 e. The molecule has 0 spiro atoms. The van der Waals surface area contributed by atoms with Crippen molar-refractivity contribution in [3.8, 4) is 0 Å². The molecule has 0 bridgehead atoms. The normalized spacial score (nSPS) is 41.0. The smallest absolute Gasteiger partial charge is 0.0546 e. The van der Waals surface area contributed by atoms with Crippen LogP contribution in [0.4, 0.5) is 0 Å². The number of hydrogen-bond acceptors (Lipinski definition) is 0. The van der Waals surface area contributed by atoms with E-state index in [-0.39, 0.29) is 0 Å². The summed E-state index contributed by atoms with van der Waals surface area (Å²) in [7, 11) is -1.57. The Labute approximate surface area is 254 Å². The number of hydrogen-bond donors (Lipinski definition) is 0. The minimum Gasteiger partial charge on any atom is -0.0689 e. The summed E-state index contributed by atoms with van der Waals surface area (Å²) in [6.07, 6.45) is 8.81. The highest BCUT2D eigenvalue weighted by atomic mass is 28.3. The van der Waals surface area contributed by atoms with E-state index in [2.05, 4.69) is 115 Å². The van der Waals surface area contributed by atoms with Crippen LogP contribution in [0.1, 0.15) is 103 Å². The van der Waals surface area contributed by atoms with Crippen LogP contribution in [0.2, 0.25) is 24.2 Å². The topological polar surface area (TPSA) is 0 Å². The van der Waals surface area contributed by atoms with Crippen LogP contribution in [-0.2, 0) is 0 Å². The fourth-order valence-electron chi connectivity index (χ4n) is 12.4. The molecule has 0 aliphatic heterocycles. The van der Waals surface area contributed by atoms with E-state index < -0.39 is 8.07 Å². The zero-order chi connectivity index (χ0) is 29.1. The first-order valence-corrected chi connectivity index (χ1v) is 20.8. The highest BCUT2D eigenvalue weighted by Crippen LogP contribution is 2.68. The van der Waals surface area contributed by atoms with E-state index in [0.717, 1.165) is 82.1 Å². The molecule has 1 heteroatoms. The van der Waals surface area contributed by atoms with Crippen molar-refractivity contribution in [3.63, 3.8) is 0 Å². The van der Waals surface area contributed by atoms with Crippen LogP contribution in [0.5, 0.6) is 0 Å². The quantitative estimate of drug-likeness (QED) is 0.304. The van der Waals surface area contributed by atoms with Crippen molar-refractivity contribution < 1.29 is 0 Å². The summed E-state index contributed by atoms with van der Waals surface area (Å²) in [5.74, 6) is 10.4. The Kier molecular flexibility index (Phi) is 8.43. The molecule has 4 fully saturated rings. The van der Waals surface area contributed by atoms with Crippen LogP contribution in [-0.4, -0.2) is 8.07 Å². The highest BCUT2D eigenvalue weighted by molar-refractivity contribution is 6.80. The van der Waals surface area contributed by atoms with Gasteiger partial charge in [0.2, 0.25) is 0 Å². The van der Waals surface area contributed by atoms with Crippen molar-refractivity contribution in [2.45, 2.75) is 116 Å². The Balaban J connectivity index is 1.34. The van der Waals surface area contributed by atoms with Gasteiger partial charge in [0.25, 0.3) is 0 Å². The Hall–Kier alpha value is -1.34. The third-order valence-electron chi connectivity index (χ3n) is 13.9. The first-order chi connectivity index (χ1) is 19.6. The zero-order valence-corrected chi connectivity index (χ0v) is 28.6. The first kappa shape index (κ1) is 29.7. The lowest BCUT2D eigenvalue weighted by molar-refractivity contribution is 0.136. The SMILES string of the molecule is CC(C)C1CC2C(C[C@H](C)[C@@H]2[Si](C)(C)[C@@H]2C3C[C@H](C(C)C)C[C@@H](c4ccccc4)C3C[C@@H]2C)[C@H](c2ccccc2)C1. The van der Waals surface area contributed by atoms with Gasteiger partial charge in [0.1, 0.15) is 0 Å².